The summed E-state index contributed by atoms with van der Waals surface area (Å²) in [5, 5.41) is 3.03. The number of hydrogen-bond donors (Lipinski definition) is 1. The Hall–Kier alpha value is -2.53. The van der Waals surface area contributed by atoms with Gasteiger partial charge < -0.3 is 14.8 Å². The second-order valence-electron chi connectivity index (χ2n) is 4.57. The lowest BCUT2D eigenvalue weighted by Gasteiger charge is -2.11. The molecule has 1 N–H and O–H groups in total. The lowest BCUT2D eigenvalue weighted by molar-refractivity contribution is 0.0602. The van der Waals surface area contributed by atoms with Crippen molar-refractivity contribution < 1.29 is 19.1 Å². The highest BCUT2D eigenvalue weighted by Gasteiger charge is 2.15. The maximum absolute atomic E-state index is 12.3. The van der Waals surface area contributed by atoms with E-state index in [1.807, 2.05) is 6.92 Å². The van der Waals surface area contributed by atoms with Crippen LogP contribution in [0.2, 0.25) is 5.02 Å². The molecule has 0 unspecified atom stereocenters. The van der Waals surface area contributed by atoms with Gasteiger partial charge in [0.25, 0.3) is 5.91 Å². The molecule has 2 aromatic rings. The predicted molar refractivity (Wildman–Crippen MR) is 88.4 cm³/mol. The van der Waals surface area contributed by atoms with Crippen LogP contribution in [0.3, 0.4) is 0 Å². The van der Waals surface area contributed by atoms with E-state index in [9.17, 15) is 9.59 Å². The molecule has 0 fully saturated rings. The van der Waals surface area contributed by atoms with Gasteiger partial charge in [-0.3, -0.25) is 4.79 Å². The number of rotatable bonds is 5. The molecule has 0 saturated heterocycles. The molecule has 120 valence electrons. The molecule has 0 radical (unpaired) electrons. The number of benzene rings is 2. The molecule has 0 aliphatic carbocycles. The van der Waals surface area contributed by atoms with Crippen molar-refractivity contribution in [1.82, 2.24) is 0 Å². The number of amides is 1. The molecule has 1 amide bonds. The molecule has 0 aromatic heterocycles. The van der Waals surface area contributed by atoms with Crippen molar-refractivity contribution in [3.8, 4) is 5.75 Å². The number of ether oxygens (including phenoxy) is 2. The second kappa shape index (κ2) is 7.65. The van der Waals surface area contributed by atoms with Crippen molar-refractivity contribution in [3.63, 3.8) is 0 Å². The van der Waals surface area contributed by atoms with Crippen LogP contribution in [-0.4, -0.2) is 25.6 Å². The average Bonchev–Trinajstić information content (AvgIpc) is 2.56. The molecule has 0 atom stereocenters. The summed E-state index contributed by atoms with van der Waals surface area (Å²) in [6.07, 6.45) is 0. The van der Waals surface area contributed by atoms with Gasteiger partial charge in [-0.2, -0.15) is 0 Å². The summed E-state index contributed by atoms with van der Waals surface area (Å²) in [5.41, 5.74) is 1.01. The Kier molecular flexibility index (Phi) is 5.60. The first-order valence-electron chi connectivity index (χ1n) is 6.97. The smallest absolute Gasteiger partial charge is 0.339 e. The quantitative estimate of drug-likeness (QED) is 0.846. The first kappa shape index (κ1) is 16.8. The van der Waals surface area contributed by atoms with Crippen molar-refractivity contribution >= 4 is 29.2 Å². The highest BCUT2D eigenvalue weighted by Crippen LogP contribution is 2.26. The van der Waals surface area contributed by atoms with Crippen LogP contribution in [0.15, 0.2) is 42.5 Å². The van der Waals surface area contributed by atoms with E-state index >= 15 is 0 Å². The molecule has 0 bridgehead atoms. The molecule has 23 heavy (non-hydrogen) atoms. The van der Waals surface area contributed by atoms with Gasteiger partial charge >= 0.3 is 5.97 Å². The van der Waals surface area contributed by atoms with E-state index in [1.165, 1.54) is 13.2 Å². The predicted octanol–water partition coefficient (Wildman–Crippen LogP) is 3.78. The number of carbonyl (C=O) groups excluding carboxylic acids is 2. The molecule has 0 aliphatic rings. The third-order valence-electron chi connectivity index (χ3n) is 3.07. The highest BCUT2D eigenvalue weighted by molar-refractivity contribution is 6.32. The number of anilines is 1. The summed E-state index contributed by atoms with van der Waals surface area (Å²) in [6.45, 7) is 2.33. The molecule has 0 aliphatic heterocycles. The van der Waals surface area contributed by atoms with Gasteiger partial charge in [0.15, 0.2) is 0 Å². The van der Waals surface area contributed by atoms with E-state index in [1.54, 1.807) is 36.4 Å². The Morgan fingerprint density at radius 1 is 1.17 bits per heavy atom. The van der Waals surface area contributed by atoms with Gasteiger partial charge in [0.05, 0.1) is 30.0 Å². The van der Waals surface area contributed by atoms with E-state index < -0.39 is 5.97 Å². The SMILES string of the molecule is CCOc1ccc(C(=O)Nc2ccccc2C(=O)OC)cc1Cl. The Labute approximate surface area is 139 Å². The van der Waals surface area contributed by atoms with Crippen LogP contribution in [0.1, 0.15) is 27.6 Å². The van der Waals surface area contributed by atoms with Gasteiger partial charge in [-0.1, -0.05) is 23.7 Å². The number of halogens is 1. The number of hydrogen-bond acceptors (Lipinski definition) is 4. The highest BCUT2D eigenvalue weighted by atomic mass is 35.5. The van der Waals surface area contributed by atoms with Crippen molar-refractivity contribution in [2.45, 2.75) is 6.92 Å². The zero-order valence-electron chi connectivity index (χ0n) is 12.8. The van der Waals surface area contributed by atoms with Gasteiger partial charge in [-0.05, 0) is 37.3 Å². The summed E-state index contributed by atoms with van der Waals surface area (Å²) in [6, 6.07) is 11.4. The van der Waals surface area contributed by atoms with Gasteiger partial charge in [0, 0.05) is 5.56 Å². The van der Waals surface area contributed by atoms with Crippen LogP contribution in [-0.2, 0) is 4.74 Å². The molecular weight excluding hydrogens is 318 g/mol. The zero-order valence-corrected chi connectivity index (χ0v) is 13.5. The zero-order chi connectivity index (χ0) is 16.8. The van der Waals surface area contributed by atoms with Crippen molar-refractivity contribution in [2.75, 3.05) is 19.0 Å². The largest absolute Gasteiger partial charge is 0.492 e. The third-order valence-corrected chi connectivity index (χ3v) is 3.37. The van der Waals surface area contributed by atoms with Crippen LogP contribution in [0.4, 0.5) is 5.69 Å². The molecule has 0 saturated carbocycles. The minimum Gasteiger partial charge on any atom is -0.492 e. The van der Waals surface area contributed by atoms with Crippen LogP contribution < -0.4 is 10.1 Å². The van der Waals surface area contributed by atoms with Crippen LogP contribution in [0, 0.1) is 0 Å². The maximum Gasteiger partial charge on any atom is 0.339 e. The third kappa shape index (κ3) is 4.02. The van der Waals surface area contributed by atoms with Crippen molar-refractivity contribution in [3.05, 3.63) is 58.6 Å². The lowest BCUT2D eigenvalue weighted by atomic mass is 10.1. The Morgan fingerprint density at radius 2 is 1.91 bits per heavy atom. The monoisotopic (exact) mass is 333 g/mol. The molecule has 2 rings (SSSR count). The van der Waals surface area contributed by atoms with E-state index in [0.29, 0.717) is 28.6 Å². The Balaban J connectivity index is 2.23. The Bertz CT molecular complexity index is 730. The fraction of sp³-hybridized carbons (Fsp3) is 0.176. The summed E-state index contributed by atoms with van der Waals surface area (Å²) in [4.78, 5) is 24.0. The maximum atomic E-state index is 12.3. The number of nitrogens with one attached hydrogen (secondary N) is 1. The first-order chi connectivity index (χ1) is 11.1. The van der Waals surface area contributed by atoms with E-state index in [0.717, 1.165) is 0 Å². The van der Waals surface area contributed by atoms with Gasteiger partial charge in [-0.25, -0.2) is 4.79 Å². The summed E-state index contributed by atoms with van der Waals surface area (Å²) < 4.78 is 10.0. The number of para-hydroxylation sites is 1. The standard InChI is InChI=1S/C17H16ClNO4/c1-3-23-15-9-8-11(10-13(15)18)16(20)19-14-7-5-4-6-12(14)17(21)22-2/h4-10H,3H2,1-2H3,(H,19,20). The number of methoxy groups -OCH3 is 1. The fourth-order valence-corrected chi connectivity index (χ4v) is 2.22. The topological polar surface area (TPSA) is 64.6 Å². The minimum atomic E-state index is -0.523. The Morgan fingerprint density at radius 3 is 2.57 bits per heavy atom. The van der Waals surface area contributed by atoms with Crippen LogP contribution in [0.5, 0.6) is 5.75 Å². The van der Waals surface area contributed by atoms with Crippen LogP contribution in [0.25, 0.3) is 0 Å². The summed E-state index contributed by atoms with van der Waals surface area (Å²) in [7, 11) is 1.28. The summed E-state index contributed by atoms with van der Waals surface area (Å²) >= 11 is 6.08. The molecule has 2 aromatic carbocycles. The molecule has 0 spiro atoms. The molecule has 5 nitrogen and oxygen atoms in total. The van der Waals surface area contributed by atoms with Crippen molar-refractivity contribution in [2.24, 2.45) is 0 Å². The molecular formula is C17H16ClNO4. The number of esters is 1. The second-order valence-corrected chi connectivity index (χ2v) is 4.98. The van der Waals surface area contributed by atoms with Crippen LogP contribution >= 0.6 is 11.6 Å². The average molecular weight is 334 g/mol. The normalized spacial score (nSPS) is 10.0. The number of carbonyl (C=O) groups is 2. The van der Waals surface area contributed by atoms with Crippen molar-refractivity contribution in [1.29, 1.82) is 0 Å². The molecule has 6 heteroatoms. The van der Waals surface area contributed by atoms with E-state index in [-0.39, 0.29) is 11.5 Å². The first-order valence-corrected chi connectivity index (χ1v) is 7.35. The van der Waals surface area contributed by atoms with Gasteiger partial charge in [-0.15, -0.1) is 0 Å². The minimum absolute atomic E-state index is 0.278. The van der Waals surface area contributed by atoms with Gasteiger partial charge in [0.1, 0.15) is 5.75 Å². The summed E-state index contributed by atoms with van der Waals surface area (Å²) in [5.74, 6) is -0.391. The molecule has 0 heterocycles. The van der Waals surface area contributed by atoms with E-state index in [2.05, 4.69) is 5.32 Å². The van der Waals surface area contributed by atoms with E-state index in [4.69, 9.17) is 21.1 Å². The fourth-order valence-electron chi connectivity index (χ4n) is 1.99. The van der Waals surface area contributed by atoms with Gasteiger partial charge in [0.2, 0.25) is 0 Å². The lowest BCUT2D eigenvalue weighted by Crippen LogP contribution is -2.15.